The number of halogens is 1. The van der Waals surface area contributed by atoms with Gasteiger partial charge < -0.3 is 9.64 Å². The molecule has 1 saturated carbocycles. The summed E-state index contributed by atoms with van der Waals surface area (Å²) >= 11 is 5.66. The zero-order valence-electron chi connectivity index (χ0n) is 10.1. The van der Waals surface area contributed by atoms with Crippen LogP contribution in [0.15, 0.2) is 24.3 Å². The molecule has 18 heavy (non-hydrogen) atoms. The van der Waals surface area contributed by atoms with Crippen molar-refractivity contribution in [3.8, 4) is 5.75 Å². The van der Waals surface area contributed by atoms with Gasteiger partial charge in [-0.15, -0.1) is 11.6 Å². The SMILES string of the molecule is O=C(CCl)N(CC1Cc2ccccc2O1)C1CC1. The molecule has 1 aliphatic carbocycles. The minimum Gasteiger partial charge on any atom is -0.488 e. The van der Waals surface area contributed by atoms with Gasteiger partial charge in [0.15, 0.2) is 0 Å². The Balaban J connectivity index is 1.65. The molecule has 0 spiro atoms. The number of fused-ring (bicyclic) bond motifs is 1. The molecule has 1 aliphatic heterocycles. The maximum Gasteiger partial charge on any atom is 0.237 e. The van der Waals surface area contributed by atoms with Crippen LogP contribution in [0.2, 0.25) is 0 Å². The van der Waals surface area contributed by atoms with E-state index in [-0.39, 0.29) is 17.9 Å². The zero-order valence-corrected chi connectivity index (χ0v) is 10.9. The lowest BCUT2D eigenvalue weighted by Crippen LogP contribution is -2.41. The fourth-order valence-corrected chi connectivity index (χ4v) is 2.65. The van der Waals surface area contributed by atoms with Crippen molar-refractivity contribution in [2.75, 3.05) is 12.4 Å². The molecule has 4 heteroatoms. The third-order valence-electron chi connectivity index (χ3n) is 3.54. The number of hydrogen-bond acceptors (Lipinski definition) is 2. The molecule has 0 radical (unpaired) electrons. The quantitative estimate of drug-likeness (QED) is 0.782. The van der Waals surface area contributed by atoms with Gasteiger partial charge >= 0.3 is 0 Å². The van der Waals surface area contributed by atoms with Crippen LogP contribution in [0.25, 0.3) is 0 Å². The molecule has 0 bridgehead atoms. The van der Waals surface area contributed by atoms with Gasteiger partial charge in [-0.1, -0.05) is 18.2 Å². The van der Waals surface area contributed by atoms with Gasteiger partial charge in [-0.3, -0.25) is 4.79 Å². The fraction of sp³-hybridized carbons (Fsp3) is 0.500. The highest BCUT2D eigenvalue weighted by Crippen LogP contribution is 2.32. The molecule has 1 aromatic carbocycles. The van der Waals surface area contributed by atoms with Crippen molar-refractivity contribution in [3.63, 3.8) is 0 Å². The number of amides is 1. The highest BCUT2D eigenvalue weighted by molar-refractivity contribution is 6.27. The second kappa shape index (κ2) is 4.81. The molecule has 1 amide bonds. The predicted octanol–water partition coefficient (Wildman–Crippen LogP) is 2.22. The second-order valence-electron chi connectivity index (χ2n) is 4.96. The molecule has 1 unspecified atom stereocenters. The van der Waals surface area contributed by atoms with Gasteiger partial charge in [-0.2, -0.15) is 0 Å². The van der Waals surface area contributed by atoms with Crippen LogP contribution in [0.3, 0.4) is 0 Å². The Labute approximate surface area is 112 Å². The average molecular weight is 266 g/mol. The van der Waals surface area contributed by atoms with Gasteiger partial charge in [0.05, 0.1) is 6.54 Å². The number of carbonyl (C=O) groups excluding carboxylic acids is 1. The Hall–Kier alpha value is -1.22. The van der Waals surface area contributed by atoms with E-state index < -0.39 is 0 Å². The van der Waals surface area contributed by atoms with Gasteiger partial charge in [0.2, 0.25) is 5.91 Å². The minimum absolute atomic E-state index is 0.0266. The number of para-hydroxylation sites is 1. The summed E-state index contributed by atoms with van der Waals surface area (Å²) in [5.74, 6) is 1.05. The van der Waals surface area contributed by atoms with Gasteiger partial charge in [0, 0.05) is 12.5 Å². The predicted molar refractivity (Wildman–Crippen MR) is 70.0 cm³/mol. The van der Waals surface area contributed by atoms with Crippen LogP contribution < -0.4 is 4.74 Å². The maximum absolute atomic E-state index is 11.8. The summed E-state index contributed by atoms with van der Waals surface area (Å²) in [6, 6.07) is 8.46. The molecule has 3 nitrogen and oxygen atoms in total. The molecule has 0 N–H and O–H groups in total. The Bertz CT molecular complexity index is 434. The van der Waals surface area contributed by atoms with E-state index in [4.69, 9.17) is 16.3 Å². The first-order chi connectivity index (χ1) is 8.78. The van der Waals surface area contributed by atoms with Gasteiger partial charge in [-0.25, -0.2) is 0 Å². The van der Waals surface area contributed by atoms with E-state index in [1.54, 1.807) is 0 Å². The monoisotopic (exact) mass is 265 g/mol. The Morgan fingerprint density at radius 2 is 2.17 bits per heavy atom. The van der Waals surface area contributed by atoms with E-state index in [1.165, 1.54) is 5.56 Å². The number of benzene rings is 1. The van der Waals surface area contributed by atoms with Crippen molar-refractivity contribution in [2.24, 2.45) is 0 Å². The summed E-state index contributed by atoms with van der Waals surface area (Å²) in [6.07, 6.45) is 3.16. The normalized spacial score (nSPS) is 21.3. The highest BCUT2D eigenvalue weighted by Gasteiger charge is 2.35. The second-order valence-corrected chi connectivity index (χ2v) is 5.23. The van der Waals surface area contributed by atoms with Gasteiger partial charge in [0.25, 0.3) is 0 Å². The molecular formula is C14H16ClNO2. The van der Waals surface area contributed by atoms with Crippen molar-refractivity contribution in [3.05, 3.63) is 29.8 Å². The molecule has 3 rings (SSSR count). The lowest BCUT2D eigenvalue weighted by Gasteiger charge is -2.24. The van der Waals surface area contributed by atoms with Crippen molar-refractivity contribution in [2.45, 2.75) is 31.4 Å². The lowest BCUT2D eigenvalue weighted by molar-refractivity contribution is -0.130. The van der Waals surface area contributed by atoms with E-state index >= 15 is 0 Å². The molecule has 1 fully saturated rings. The Morgan fingerprint density at radius 1 is 1.39 bits per heavy atom. The van der Waals surface area contributed by atoms with E-state index in [0.29, 0.717) is 12.6 Å². The average Bonchev–Trinajstić information content (AvgIpc) is 3.14. The van der Waals surface area contributed by atoms with Gasteiger partial charge in [-0.05, 0) is 24.5 Å². The first kappa shape index (κ1) is 11.8. The van der Waals surface area contributed by atoms with Crippen molar-refractivity contribution >= 4 is 17.5 Å². The molecule has 96 valence electrons. The first-order valence-electron chi connectivity index (χ1n) is 6.38. The first-order valence-corrected chi connectivity index (χ1v) is 6.91. The molecule has 1 aromatic rings. The van der Waals surface area contributed by atoms with Crippen LogP contribution in [-0.4, -0.2) is 35.4 Å². The van der Waals surface area contributed by atoms with E-state index in [9.17, 15) is 4.79 Å². The summed E-state index contributed by atoms with van der Waals surface area (Å²) in [5, 5.41) is 0. The van der Waals surface area contributed by atoms with Crippen LogP contribution in [0.1, 0.15) is 18.4 Å². The number of hydrogen-bond donors (Lipinski definition) is 0. The molecule has 1 atom stereocenters. The summed E-state index contributed by atoms with van der Waals surface area (Å²) in [7, 11) is 0. The number of alkyl halides is 1. The van der Waals surface area contributed by atoms with Crippen LogP contribution in [0.4, 0.5) is 0 Å². The number of ether oxygens (including phenoxy) is 1. The summed E-state index contributed by atoms with van der Waals surface area (Å²) in [4.78, 5) is 13.7. The van der Waals surface area contributed by atoms with Crippen LogP contribution in [0.5, 0.6) is 5.75 Å². The molecule has 0 aromatic heterocycles. The fourth-order valence-electron chi connectivity index (χ4n) is 2.49. The zero-order chi connectivity index (χ0) is 12.5. The summed E-state index contributed by atoms with van der Waals surface area (Å²) < 4.78 is 5.87. The highest BCUT2D eigenvalue weighted by atomic mass is 35.5. The van der Waals surface area contributed by atoms with Gasteiger partial charge in [0.1, 0.15) is 17.7 Å². The standard InChI is InChI=1S/C14H16ClNO2/c15-8-14(17)16(11-5-6-11)9-12-7-10-3-1-2-4-13(10)18-12/h1-4,11-12H,5-9H2. The third kappa shape index (κ3) is 2.32. The van der Waals surface area contributed by atoms with Crippen LogP contribution in [0, 0.1) is 0 Å². The number of nitrogens with zero attached hydrogens (tertiary/aromatic N) is 1. The van der Waals surface area contributed by atoms with E-state index in [0.717, 1.165) is 25.0 Å². The van der Waals surface area contributed by atoms with Crippen molar-refractivity contribution in [1.82, 2.24) is 4.90 Å². The van der Waals surface area contributed by atoms with Crippen LogP contribution in [-0.2, 0) is 11.2 Å². The van der Waals surface area contributed by atoms with E-state index in [2.05, 4.69) is 6.07 Å². The molecule has 0 saturated heterocycles. The summed E-state index contributed by atoms with van der Waals surface area (Å²) in [5.41, 5.74) is 1.23. The molecule has 1 heterocycles. The number of rotatable bonds is 4. The minimum atomic E-state index is 0.0266. The van der Waals surface area contributed by atoms with Crippen molar-refractivity contribution in [1.29, 1.82) is 0 Å². The summed E-state index contributed by atoms with van der Waals surface area (Å²) in [6.45, 7) is 0.658. The maximum atomic E-state index is 11.8. The smallest absolute Gasteiger partial charge is 0.237 e. The largest absolute Gasteiger partial charge is 0.488 e. The van der Waals surface area contributed by atoms with Crippen LogP contribution >= 0.6 is 11.6 Å². The molecular weight excluding hydrogens is 250 g/mol. The third-order valence-corrected chi connectivity index (χ3v) is 3.77. The lowest BCUT2D eigenvalue weighted by atomic mass is 10.1. The number of carbonyl (C=O) groups is 1. The molecule has 2 aliphatic rings. The van der Waals surface area contributed by atoms with E-state index in [1.807, 2.05) is 23.1 Å². The Morgan fingerprint density at radius 3 is 2.83 bits per heavy atom. The van der Waals surface area contributed by atoms with Crippen molar-refractivity contribution < 1.29 is 9.53 Å². The Kier molecular flexibility index (Phi) is 3.16. The topological polar surface area (TPSA) is 29.5 Å².